The molecule has 41 heavy (non-hydrogen) atoms. The van der Waals surface area contributed by atoms with E-state index < -0.39 is 18.1 Å². The standard InChI is InChI=1S/C31H55N3O6.ClH/c1-20(2)24(16-23-11-12-28(39-9)29(17-23)40-14-10-13-38-8)18-26(32)27(35)19-25(21(3)4)31(37)33-22(5)15-30(36)34(6)7;/h11-12,17,20-22,24-27,35H,10,13-16,18-19,32H2,1-9H3,(H,33,37);1H/t22?,24-,25-,26-,27-;/m0./s1. The number of carbonyl (C=O) groups excluding carboxylic acids is 2. The molecule has 1 aromatic carbocycles. The summed E-state index contributed by atoms with van der Waals surface area (Å²) in [7, 11) is 6.69. The van der Waals surface area contributed by atoms with Gasteiger partial charge >= 0.3 is 0 Å². The maximum atomic E-state index is 13.1. The summed E-state index contributed by atoms with van der Waals surface area (Å²) in [6.07, 6.45) is 1.86. The van der Waals surface area contributed by atoms with Gasteiger partial charge in [-0.1, -0.05) is 33.8 Å². The highest BCUT2D eigenvalue weighted by Crippen LogP contribution is 2.31. The van der Waals surface area contributed by atoms with E-state index >= 15 is 0 Å². The Morgan fingerprint density at radius 2 is 1.66 bits per heavy atom. The molecule has 1 unspecified atom stereocenters. The normalized spacial score (nSPS) is 15.0. The van der Waals surface area contributed by atoms with Crippen molar-refractivity contribution in [3.05, 3.63) is 23.8 Å². The number of ether oxygens (including phenoxy) is 3. The van der Waals surface area contributed by atoms with Crippen molar-refractivity contribution < 1.29 is 28.9 Å². The average molecular weight is 602 g/mol. The molecule has 0 fully saturated rings. The zero-order valence-corrected chi connectivity index (χ0v) is 27.5. The highest BCUT2D eigenvalue weighted by Gasteiger charge is 2.30. The SMILES string of the molecule is COCCCOc1cc(C[C@@H](C[C@H](N)[C@@H](O)C[C@H](C(=O)NC(C)CC(=O)N(C)C)C(C)C)C(C)C)ccc1OC.Cl. The van der Waals surface area contributed by atoms with Gasteiger partial charge in [-0.2, -0.15) is 0 Å². The first-order valence-electron chi connectivity index (χ1n) is 14.5. The summed E-state index contributed by atoms with van der Waals surface area (Å²) >= 11 is 0. The van der Waals surface area contributed by atoms with Gasteiger partial charge in [0.25, 0.3) is 0 Å². The Balaban J connectivity index is 0.0000160. The average Bonchev–Trinajstić information content (AvgIpc) is 2.88. The molecule has 2 amide bonds. The molecule has 0 saturated heterocycles. The van der Waals surface area contributed by atoms with Crippen LogP contribution in [0.4, 0.5) is 0 Å². The van der Waals surface area contributed by atoms with Gasteiger partial charge in [-0.25, -0.2) is 0 Å². The number of rotatable bonds is 19. The molecule has 1 rings (SSSR count). The summed E-state index contributed by atoms with van der Waals surface area (Å²) in [5.74, 6) is 1.36. The lowest BCUT2D eigenvalue weighted by molar-refractivity contribution is -0.130. The second-order valence-electron chi connectivity index (χ2n) is 11.8. The van der Waals surface area contributed by atoms with Crippen molar-refractivity contribution >= 4 is 24.2 Å². The van der Waals surface area contributed by atoms with Crippen molar-refractivity contribution in [2.75, 3.05) is 41.5 Å². The third-order valence-corrected chi connectivity index (χ3v) is 7.49. The number of aliphatic hydroxyl groups is 1. The minimum atomic E-state index is -0.825. The van der Waals surface area contributed by atoms with E-state index in [1.165, 1.54) is 4.90 Å². The van der Waals surface area contributed by atoms with E-state index in [0.717, 1.165) is 18.4 Å². The van der Waals surface area contributed by atoms with E-state index in [2.05, 4.69) is 19.2 Å². The second kappa shape index (κ2) is 19.9. The van der Waals surface area contributed by atoms with Crippen LogP contribution in [-0.4, -0.2) is 81.5 Å². The largest absolute Gasteiger partial charge is 0.493 e. The molecule has 9 nitrogen and oxygen atoms in total. The quantitative estimate of drug-likeness (QED) is 0.204. The molecule has 4 N–H and O–H groups in total. The number of aliphatic hydroxyl groups excluding tert-OH is 1. The summed E-state index contributed by atoms with van der Waals surface area (Å²) in [6.45, 7) is 11.2. The maximum Gasteiger partial charge on any atom is 0.224 e. The Kier molecular flexibility index (Phi) is 18.9. The number of amides is 2. The summed E-state index contributed by atoms with van der Waals surface area (Å²) in [5.41, 5.74) is 7.65. The molecular formula is C31H56ClN3O6. The van der Waals surface area contributed by atoms with Gasteiger partial charge < -0.3 is 35.3 Å². The minimum absolute atomic E-state index is 0. The molecule has 0 aromatic heterocycles. The first-order valence-corrected chi connectivity index (χ1v) is 14.5. The van der Waals surface area contributed by atoms with E-state index in [-0.39, 0.29) is 54.9 Å². The first kappa shape index (κ1) is 38.9. The number of hydrogen-bond donors (Lipinski definition) is 3. The number of carbonyl (C=O) groups is 2. The van der Waals surface area contributed by atoms with Gasteiger partial charge in [0.05, 0.1) is 19.8 Å². The van der Waals surface area contributed by atoms with Crippen LogP contribution in [0.15, 0.2) is 18.2 Å². The zero-order chi connectivity index (χ0) is 30.4. The summed E-state index contributed by atoms with van der Waals surface area (Å²) < 4.78 is 16.5. The van der Waals surface area contributed by atoms with Crippen LogP contribution >= 0.6 is 12.4 Å². The van der Waals surface area contributed by atoms with Crippen LogP contribution in [0.3, 0.4) is 0 Å². The van der Waals surface area contributed by atoms with Crippen molar-refractivity contribution in [2.45, 2.75) is 84.9 Å². The van der Waals surface area contributed by atoms with Crippen molar-refractivity contribution in [1.29, 1.82) is 0 Å². The zero-order valence-electron chi connectivity index (χ0n) is 26.6. The molecule has 238 valence electrons. The topological polar surface area (TPSA) is 123 Å². The number of nitrogens with one attached hydrogen (secondary N) is 1. The van der Waals surface area contributed by atoms with Gasteiger partial charge in [-0.05, 0) is 61.6 Å². The van der Waals surface area contributed by atoms with Crippen LogP contribution in [0.1, 0.15) is 65.9 Å². The number of nitrogens with zero attached hydrogens (tertiary/aromatic N) is 1. The molecule has 0 saturated carbocycles. The van der Waals surface area contributed by atoms with Crippen molar-refractivity contribution in [3.63, 3.8) is 0 Å². The third-order valence-electron chi connectivity index (χ3n) is 7.49. The van der Waals surface area contributed by atoms with Crippen LogP contribution < -0.4 is 20.5 Å². The molecule has 5 atom stereocenters. The van der Waals surface area contributed by atoms with Gasteiger partial charge in [0.1, 0.15) is 0 Å². The lowest BCUT2D eigenvalue weighted by Gasteiger charge is -2.30. The fraction of sp³-hybridized carbons (Fsp3) is 0.742. The fourth-order valence-corrected chi connectivity index (χ4v) is 4.71. The number of halogens is 1. The molecule has 0 aliphatic rings. The molecule has 0 aliphatic carbocycles. The molecule has 10 heteroatoms. The smallest absolute Gasteiger partial charge is 0.224 e. The van der Waals surface area contributed by atoms with E-state index in [0.29, 0.717) is 37.1 Å². The lowest BCUT2D eigenvalue weighted by atomic mass is 9.80. The van der Waals surface area contributed by atoms with Crippen molar-refractivity contribution in [3.8, 4) is 11.5 Å². The predicted octanol–water partition coefficient (Wildman–Crippen LogP) is 4.07. The molecule has 1 aromatic rings. The van der Waals surface area contributed by atoms with Gasteiger partial charge in [-0.3, -0.25) is 9.59 Å². The van der Waals surface area contributed by atoms with Crippen LogP contribution in [0.2, 0.25) is 0 Å². The lowest BCUT2D eigenvalue weighted by Crippen LogP contribution is -2.45. The Bertz CT molecular complexity index is 899. The Morgan fingerprint density at radius 1 is 1.00 bits per heavy atom. The second-order valence-corrected chi connectivity index (χ2v) is 11.8. The fourth-order valence-electron chi connectivity index (χ4n) is 4.71. The Hall–Kier alpha value is -2.07. The molecule has 0 spiro atoms. The highest BCUT2D eigenvalue weighted by atomic mass is 35.5. The first-order chi connectivity index (χ1) is 18.8. The van der Waals surface area contributed by atoms with Crippen molar-refractivity contribution in [2.24, 2.45) is 29.4 Å². The predicted molar refractivity (Wildman–Crippen MR) is 167 cm³/mol. The van der Waals surface area contributed by atoms with Crippen molar-refractivity contribution in [1.82, 2.24) is 10.2 Å². The van der Waals surface area contributed by atoms with E-state index in [1.807, 2.05) is 39.0 Å². The van der Waals surface area contributed by atoms with Crippen LogP contribution in [0, 0.1) is 23.7 Å². The van der Waals surface area contributed by atoms with Gasteiger partial charge in [0.15, 0.2) is 11.5 Å². The molecule has 0 heterocycles. The van der Waals surface area contributed by atoms with Crippen LogP contribution in [0.5, 0.6) is 11.5 Å². The maximum absolute atomic E-state index is 13.1. The summed E-state index contributed by atoms with van der Waals surface area (Å²) in [4.78, 5) is 26.6. The number of methoxy groups -OCH3 is 2. The molecular weight excluding hydrogens is 546 g/mol. The summed E-state index contributed by atoms with van der Waals surface area (Å²) in [6, 6.07) is 5.21. The highest BCUT2D eigenvalue weighted by molar-refractivity contribution is 5.85. The van der Waals surface area contributed by atoms with Crippen LogP contribution in [-0.2, 0) is 20.7 Å². The van der Waals surface area contributed by atoms with Gasteiger partial charge in [-0.15, -0.1) is 12.4 Å². The number of hydrogen-bond acceptors (Lipinski definition) is 7. The number of benzene rings is 1. The third kappa shape index (κ3) is 14.1. The number of nitrogens with two attached hydrogens (primary N) is 1. The Morgan fingerprint density at radius 3 is 2.20 bits per heavy atom. The van der Waals surface area contributed by atoms with Gasteiger partial charge in [0.2, 0.25) is 11.8 Å². The molecule has 0 radical (unpaired) electrons. The summed E-state index contributed by atoms with van der Waals surface area (Å²) in [5, 5.41) is 14.0. The Labute approximate surface area is 254 Å². The van der Waals surface area contributed by atoms with Crippen LogP contribution in [0.25, 0.3) is 0 Å². The van der Waals surface area contributed by atoms with E-state index in [4.69, 9.17) is 19.9 Å². The van der Waals surface area contributed by atoms with Gasteiger partial charge in [0, 0.05) is 58.7 Å². The molecule has 0 aliphatic heterocycles. The van der Waals surface area contributed by atoms with E-state index in [9.17, 15) is 14.7 Å². The molecule has 0 bridgehead atoms. The minimum Gasteiger partial charge on any atom is -0.493 e. The monoisotopic (exact) mass is 601 g/mol. The van der Waals surface area contributed by atoms with E-state index in [1.54, 1.807) is 28.3 Å².